The predicted molar refractivity (Wildman–Crippen MR) is 68.0 cm³/mol. The number of likely N-dealkylation sites (tertiary alicyclic amines) is 1. The molecule has 0 radical (unpaired) electrons. The van der Waals surface area contributed by atoms with Crippen molar-refractivity contribution in [1.82, 2.24) is 4.90 Å². The van der Waals surface area contributed by atoms with Gasteiger partial charge in [0, 0.05) is 39.9 Å². The molecule has 2 fully saturated rings. The fraction of sp³-hybridized carbons (Fsp3) is 1.00. The lowest BCUT2D eigenvalue weighted by Crippen LogP contribution is -2.44. The van der Waals surface area contributed by atoms with Gasteiger partial charge in [-0.15, -0.1) is 0 Å². The van der Waals surface area contributed by atoms with Crippen LogP contribution in [0.2, 0.25) is 0 Å². The van der Waals surface area contributed by atoms with Gasteiger partial charge in [0.15, 0.2) is 0 Å². The smallest absolute Gasteiger partial charge is 0.0971 e. The number of nitrogens with zero attached hydrogens (tertiary/aromatic N) is 1. The van der Waals surface area contributed by atoms with Gasteiger partial charge in [0.25, 0.3) is 0 Å². The molecule has 4 heteroatoms. The van der Waals surface area contributed by atoms with Gasteiger partial charge < -0.3 is 15.2 Å². The molecule has 0 aromatic rings. The Kier molecular flexibility index (Phi) is 4.79. The Labute approximate surface area is 104 Å². The molecular formula is C13H26N2O2. The molecule has 2 N–H and O–H groups in total. The Hall–Kier alpha value is -0.160. The summed E-state index contributed by atoms with van der Waals surface area (Å²) in [5.74, 6) is 0.785. The van der Waals surface area contributed by atoms with Crippen molar-refractivity contribution in [2.45, 2.75) is 43.9 Å². The van der Waals surface area contributed by atoms with E-state index in [2.05, 4.69) is 4.90 Å². The highest BCUT2D eigenvalue weighted by atomic mass is 16.5. The molecule has 0 amide bonds. The first-order chi connectivity index (χ1) is 8.30. The van der Waals surface area contributed by atoms with Crippen LogP contribution in [-0.4, -0.2) is 57.0 Å². The van der Waals surface area contributed by atoms with Crippen LogP contribution < -0.4 is 5.73 Å². The van der Waals surface area contributed by atoms with E-state index in [4.69, 9.17) is 15.2 Å². The second kappa shape index (κ2) is 6.14. The van der Waals surface area contributed by atoms with Crippen molar-refractivity contribution in [2.75, 3.05) is 33.9 Å². The molecule has 1 heterocycles. The van der Waals surface area contributed by atoms with Crippen LogP contribution >= 0.6 is 0 Å². The van der Waals surface area contributed by atoms with E-state index in [0.29, 0.717) is 6.04 Å². The third-order valence-electron chi connectivity index (χ3n) is 4.50. The highest BCUT2D eigenvalue weighted by Gasteiger charge is 2.39. The zero-order chi connectivity index (χ0) is 12.3. The molecule has 0 spiro atoms. The molecule has 1 saturated heterocycles. The summed E-state index contributed by atoms with van der Waals surface area (Å²) in [5.41, 5.74) is 5.98. The lowest BCUT2D eigenvalue weighted by atomic mass is 9.97. The van der Waals surface area contributed by atoms with E-state index >= 15 is 0 Å². The maximum absolute atomic E-state index is 5.98. The van der Waals surface area contributed by atoms with Crippen molar-refractivity contribution in [3.8, 4) is 0 Å². The second-order valence-electron chi connectivity index (χ2n) is 5.35. The molecule has 17 heavy (non-hydrogen) atoms. The summed E-state index contributed by atoms with van der Waals surface area (Å²) in [7, 11) is 3.54. The van der Waals surface area contributed by atoms with Crippen molar-refractivity contribution in [3.05, 3.63) is 0 Å². The van der Waals surface area contributed by atoms with Crippen LogP contribution in [0.4, 0.5) is 0 Å². The van der Waals surface area contributed by atoms with E-state index in [-0.39, 0.29) is 12.2 Å². The number of methoxy groups -OCH3 is 2. The summed E-state index contributed by atoms with van der Waals surface area (Å²) in [5, 5.41) is 0. The Bertz CT molecular complexity index is 219. The maximum Gasteiger partial charge on any atom is 0.0971 e. The number of rotatable bonds is 5. The summed E-state index contributed by atoms with van der Waals surface area (Å²) in [6, 6.07) is 0.523. The normalized spacial score (nSPS) is 33.4. The van der Waals surface area contributed by atoms with Crippen LogP contribution in [0, 0.1) is 5.92 Å². The van der Waals surface area contributed by atoms with E-state index in [0.717, 1.165) is 25.6 Å². The molecule has 100 valence electrons. The van der Waals surface area contributed by atoms with Gasteiger partial charge in [0.05, 0.1) is 12.2 Å². The maximum atomic E-state index is 5.98. The van der Waals surface area contributed by atoms with Crippen LogP contribution in [0.15, 0.2) is 0 Å². The number of hydrogen-bond donors (Lipinski definition) is 1. The summed E-state index contributed by atoms with van der Waals surface area (Å²) in [6.07, 6.45) is 5.83. The Morgan fingerprint density at radius 2 is 1.65 bits per heavy atom. The van der Waals surface area contributed by atoms with Crippen molar-refractivity contribution in [3.63, 3.8) is 0 Å². The Morgan fingerprint density at radius 3 is 2.06 bits per heavy atom. The van der Waals surface area contributed by atoms with Gasteiger partial charge in [0.2, 0.25) is 0 Å². The number of nitrogens with two attached hydrogens (primary N) is 1. The first kappa shape index (κ1) is 13.3. The van der Waals surface area contributed by atoms with Crippen LogP contribution in [-0.2, 0) is 9.47 Å². The van der Waals surface area contributed by atoms with Crippen molar-refractivity contribution >= 4 is 0 Å². The lowest BCUT2D eigenvalue weighted by Gasteiger charge is -2.31. The van der Waals surface area contributed by atoms with E-state index in [1.165, 1.54) is 25.7 Å². The third kappa shape index (κ3) is 2.81. The molecule has 1 aliphatic carbocycles. The minimum absolute atomic E-state index is 0.204. The van der Waals surface area contributed by atoms with Crippen LogP contribution in [0.3, 0.4) is 0 Å². The molecule has 0 aromatic carbocycles. The average Bonchev–Trinajstić information content (AvgIpc) is 2.99. The summed E-state index contributed by atoms with van der Waals surface area (Å²) < 4.78 is 11.0. The third-order valence-corrected chi connectivity index (χ3v) is 4.50. The quantitative estimate of drug-likeness (QED) is 0.776. The van der Waals surface area contributed by atoms with Gasteiger partial charge in [-0.25, -0.2) is 0 Å². The van der Waals surface area contributed by atoms with Crippen molar-refractivity contribution in [1.29, 1.82) is 0 Å². The predicted octanol–water partition coefficient (Wildman–Crippen LogP) is 0.849. The Balaban J connectivity index is 1.96. The first-order valence-corrected chi connectivity index (χ1v) is 6.79. The topological polar surface area (TPSA) is 47.7 Å². The fourth-order valence-electron chi connectivity index (χ4n) is 3.48. The van der Waals surface area contributed by atoms with Crippen molar-refractivity contribution < 1.29 is 9.47 Å². The summed E-state index contributed by atoms with van der Waals surface area (Å²) in [6.45, 7) is 2.69. The second-order valence-corrected chi connectivity index (χ2v) is 5.35. The highest BCUT2D eigenvalue weighted by molar-refractivity contribution is 4.93. The molecule has 3 atom stereocenters. The van der Waals surface area contributed by atoms with Gasteiger partial charge >= 0.3 is 0 Å². The zero-order valence-corrected chi connectivity index (χ0v) is 11.1. The fourth-order valence-corrected chi connectivity index (χ4v) is 3.48. The molecule has 1 saturated carbocycles. The average molecular weight is 242 g/mol. The van der Waals surface area contributed by atoms with Crippen LogP contribution in [0.25, 0.3) is 0 Å². The van der Waals surface area contributed by atoms with E-state index in [1.54, 1.807) is 14.2 Å². The number of hydrogen-bond acceptors (Lipinski definition) is 4. The summed E-state index contributed by atoms with van der Waals surface area (Å²) in [4.78, 5) is 2.48. The summed E-state index contributed by atoms with van der Waals surface area (Å²) >= 11 is 0. The van der Waals surface area contributed by atoms with Gasteiger partial charge in [-0.1, -0.05) is 12.8 Å². The molecule has 3 unspecified atom stereocenters. The molecular weight excluding hydrogens is 216 g/mol. The van der Waals surface area contributed by atoms with Gasteiger partial charge in [-0.05, 0) is 18.8 Å². The molecule has 4 nitrogen and oxygen atoms in total. The highest BCUT2D eigenvalue weighted by Crippen LogP contribution is 2.32. The molecule has 2 rings (SSSR count). The van der Waals surface area contributed by atoms with Gasteiger partial charge in [-0.2, -0.15) is 0 Å². The molecule has 0 bridgehead atoms. The monoisotopic (exact) mass is 242 g/mol. The first-order valence-electron chi connectivity index (χ1n) is 6.79. The minimum atomic E-state index is 0.204. The molecule has 1 aliphatic heterocycles. The van der Waals surface area contributed by atoms with Crippen molar-refractivity contribution in [2.24, 2.45) is 11.7 Å². The standard InChI is InChI=1S/C13H26N2O2/c1-16-12-8-15(9-13(12)17-2)11(7-14)10-5-3-4-6-10/h10-13H,3-9,14H2,1-2H3. The lowest BCUT2D eigenvalue weighted by molar-refractivity contribution is -0.00461. The molecule has 0 aromatic heterocycles. The largest absolute Gasteiger partial charge is 0.377 e. The Morgan fingerprint density at radius 1 is 1.12 bits per heavy atom. The van der Waals surface area contributed by atoms with Gasteiger partial charge in [-0.3, -0.25) is 4.90 Å². The minimum Gasteiger partial charge on any atom is -0.377 e. The van der Waals surface area contributed by atoms with Crippen LogP contribution in [0.1, 0.15) is 25.7 Å². The SMILES string of the molecule is COC1CN(C(CN)C2CCCC2)CC1OC. The molecule has 2 aliphatic rings. The van der Waals surface area contributed by atoms with E-state index in [9.17, 15) is 0 Å². The van der Waals surface area contributed by atoms with E-state index in [1.807, 2.05) is 0 Å². The zero-order valence-electron chi connectivity index (χ0n) is 11.1. The van der Waals surface area contributed by atoms with Crippen LogP contribution in [0.5, 0.6) is 0 Å². The van der Waals surface area contributed by atoms with E-state index < -0.39 is 0 Å². The van der Waals surface area contributed by atoms with Gasteiger partial charge in [0.1, 0.15) is 0 Å². The number of ether oxygens (including phenoxy) is 2.